The number of benzene rings is 1. The molecular weight excluding hydrogens is 548 g/mol. The van der Waals surface area contributed by atoms with Crippen LogP contribution < -0.4 is 35.6 Å². The molecule has 0 saturated carbocycles. The highest BCUT2D eigenvalue weighted by atomic mass is 16.5. The summed E-state index contributed by atoms with van der Waals surface area (Å²) in [5.41, 5.74) is 3.82. The van der Waals surface area contributed by atoms with E-state index in [1.165, 1.54) is 13.0 Å². The minimum absolute atomic E-state index is 0.101. The number of anilines is 2. The molecule has 0 radical (unpaired) electrons. The Bertz CT molecular complexity index is 1570. The number of carbonyl (C=O) groups is 2. The van der Waals surface area contributed by atoms with Gasteiger partial charge in [0, 0.05) is 18.7 Å². The molecule has 4 rings (SSSR count). The SMILES string of the molecule is CCC(C)C(Nc1ccc2c(cc1=O)C(NC(C)=O)CCc1cc(OC)c(OC)c(OC)c1-2)C(=O)Nc1ncccc1C. The van der Waals surface area contributed by atoms with E-state index < -0.39 is 12.1 Å². The Morgan fingerprint density at radius 3 is 2.44 bits per heavy atom. The number of carbonyl (C=O) groups excluding carboxylic acids is 2. The van der Waals surface area contributed by atoms with Crippen LogP contribution in [0.1, 0.15) is 56.3 Å². The molecule has 0 fully saturated rings. The second kappa shape index (κ2) is 13.6. The molecule has 3 atom stereocenters. The van der Waals surface area contributed by atoms with E-state index >= 15 is 0 Å². The predicted octanol–water partition coefficient (Wildman–Crippen LogP) is 5.03. The van der Waals surface area contributed by atoms with Crippen LogP contribution in [0.3, 0.4) is 0 Å². The normalized spacial score (nSPS) is 15.1. The van der Waals surface area contributed by atoms with Crippen molar-refractivity contribution < 1.29 is 23.8 Å². The van der Waals surface area contributed by atoms with E-state index in [2.05, 4.69) is 20.9 Å². The maximum Gasteiger partial charge on any atom is 0.248 e. The Balaban J connectivity index is 1.87. The molecule has 2 aromatic carbocycles. The van der Waals surface area contributed by atoms with Crippen LogP contribution in [-0.4, -0.2) is 44.2 Å². The van der Waals surface area contributed by atoms with E-state index in [1.54, 1.807) is 39.7 Å². The first kappa shape index (κ1) is 31.3. The van der Waals surface area contributed by atoms with Crippen LogP contribution in [0.5, 0.6) is 17.2 Å². The van der Waals surface area contributed by atoms with Crippen molar-refractivity contribution >= 4 is 23.3 Å². The van der Waals surface area contributed by atoms with Crippen molar-refractivity contribution in [3.8, 4) is 28.4 Å². The van der Waals surface area contributed by atoms with Crippen LogP contribution in [0.2, 0.25) is 0 Å². The zero-order chi connectivity index (χ0) is 31.3. The first-order chi connectivity index (χ1) is 20.6. The maximum absolute atomic E-state index is 13.8. The van der Waals surface area contributed by atoms with Crippen molar-refractivity contribution in [2.45, 2.75) is 59.0 Å². The Labute approximate surface area is 252 Å². The van der Waals surface area contributed by atoms with Gasteiger partial charge in [-0.25, -0.2) is 4.98 Å². The Morgan fingerprint density at radius 1 is 1.07 bits per heavy atom. The molecule has 3 N–H and O–H groups in total. The summed E-state index contributed by atoms with van der Waals surface area (Å²) in [5, 5.41) is 9.16. The smallest absolute Gasteiger partial charge is 0.248 e. The lowest BCUT2D eigenvalue weighted by atomic mass is 9.95. The number of amides is 2. The molecular formula is C33H40N4O6. The molecule has 0 saturated heterocycles. The number of nitrogens with zero attached hydrogens (tertiary/aromatic N) is 1. The number of ether oxygens (including phenoxy) is 3. The van der Waals surface area contributed by atoms with E-state index in [0.29, 0.717) is 53.5 Å². The van der Waals surface area contributed by atoms with Gasteiger partial charge in [-0.3, -0.25) is 14.4 Å². The van der Waals surface area contributed by atoms with Gasteiger partial charge >= 0.3 is 0 Å². The second-order valence-electron chi connectivity index (χ2n) is 10.8. The number of pyridine rings is 1. The van der Waals surface area contributed by atoms with Crippen LogP contribution in [-0.2, 0) is 16.0 Å². The molecule has 3 unspecified atom stereocenters. The summed E-state index contributed by atoms with van der Waals surface area (Å²) < 4.78 is 17.1. The zero-order valence-electron chi connectivity index (χ0n) is 25.8. The highest BCUT2D eigenvalue weighted by Crippen LogP contribution is 2.50. The fourth-order valence-corrected chi connectivity index (χ4v) is 5.51. The number of aromatic nitrogens is 1. The number of hydrogen-bond donors (Lipinski definition) is 3. The Kier molecular flexibility index (Phi) is 9.90. The maximum atomic E-state index is 13.8. The Hall–Kier alpha value is -4.60. The van der Waals surface area contributed by atoms with Crippen molar-refractivity contribution in [2.75, 3.05) is 32.0 Å². The quantitative estimate of drug-likeness (QED) is 0.301. The van der Waals surface area contributed by atoms with E-state index in [-0.39, 0.29) is 28.8 Å². The van der Waals surface area contributed by atoms with E-state index in [9.17, 15) is 14.4 Å². The third-order valence-electron chi connectivity index (χ3n) is 7.97. The average Bonchev–Trinajstić information content (AvgIpc) is 3.23. The van der Waals surface area contributed by atoms with Crippen molar-refractivity contribution in [3.63, 3.8) is 0 Å². The van der Waals surface area contributed by atoms with Gasteiger partial charge in [0.15, 0.2) is 11.5 Å². The van der Waals surface area contributed by atoms with Crippen molar-refractivity contribution in [3.05, 3.63) is 69.5 Å². The first-order valence-electron chi connectivity index (χ1n) is 14.4. The fourth-order valence-electron chi connectivity index (χ4n) is 5.51. The van der Waals surface area contributed by atoms with Gasteiger partial charge in [0.05, 0.1) is 33.1 Å². The molecule has 2 amide bonds. The summed E-state index contributed by atoms with van der Waals surface area (Å²) in [6.07, 6.45) is 3.47. The molecule has 0 spiro atoms. The summed E-state index contributed by atoms with van der Waals surface area (Å²) in [6.45, 7) is 7.28. The van der Waals surface area contributed by atoms with Crippen LogP contribution in [0.4, 0.5) is 11.5 Å². The van der Waals surface area contributed by atoms with E-state index in [1.807, 2.05) is 39.0 Å². The first-order valence-corrected chi connectivity index (χ1v) is 14.4. The lowest BCUT2D eigenvalue weighted by molar-refractivity contribution is -0.120. The van der Waals surface area contributed by atoms with Crippen LogP contribution in [0.15, 0.2) is 47.4 Å². The summed E-state index contributed by atoms with van der Waals surface area (Å²) in [5.74, 6) is 1.30. The molecule has 228 valence electrons. The molecule has 0 bridgehead atoms. The van der Waals surface area contributed by atoms with Gasteiger partial charge in [-0.1, -0.05) is 32.4 Å². The zero-order valence-corrected chi connectivity index (χ0v) is 25.8. The van der Waals surface area contributed by atoms with Gasteiger partial charge in [-0.05, 0) is 72.2 Å². The monoisotopic (exact) mass is 588 g/mol. The molecule has 10 heteroatoms. The highest BCUT2D eigenvalue weighted by molar-refractivity contribution is 5.96. The third-order valence-corrected chi connectivity index (χ3v) is 7.97. The van der Waals surface area contributed by atoms with Gasteiger partial charge in [0.1, 0.15) is 11.9 Å². The number of methoxy groups -OCH3 is 3. The molecule has 1 aromatic heterocycles. The number of fused-ring (bicyclic) bond motifs is 3. The lowest BCUT2D eigenvalue weighted by Gasteiger charge is -2.24. The van der Waals surface area contributed by atoms with Crippen LogP contribution in [0.25, 0.3) is 11.1 Å². The number of aryl methyl sites for hydroxylation is 2. The molecule has 1 heterocycles. The molecule has 1 aliphatic rings. The predicted molar refractivity (Wildman–Crippen MR) is 167 cm³/mol. The molecule has 43 heavy (non-hydrogen) atoms. The number of hydrogen-bond acceptors (Lipinski definition) is 8. The average molecular weight is 589 g/mol. The highest BCUT2D eigenvalue weighted by Gasteiger charge is 2.30. The molecule has 10 nitrogen and oxygen atoms in total. The number of rotatable bonds is 10. The van der Waals surface area contributed by atoms with Crippen molar-refractivity contribution in [1.82, 2.24) is 10.3 Å². The van der Waals surface area contributed by atoms with Crippen LogP contribution in [0, 0.1) is 12.8 Å². The van der Waals surface area contributed by atoms with Gasteiger partial charge in [-0.15, -0.1) is 0 Å². The molecule has 1 aliphatic carbocycles. The summed E-state index contributed by atoms with van der Waals surface area (Å²) in [4.78, 5) is 43.9. The van der Waals surface area contributed by atoms with Gasteiger partial charge in [-0.2, -0.15) is 0 Å². The summed E-state index contributed by atoms with van der Waals surface area (Å²) >= 11 is 0. The standard InChI is InChI=1S/C33H40N4O6/c1-8-18(2)29(33(40)37-32-19(3)10-9-15-34-32)36-25-14-12-22-23(17-26(25)39)24(35-20(4)38)13-11-21-16-27(41-5)30(42-6)31(43-7)28(21)22/h9-10,12,14-18,24,29H,8,11,13H2,1-7H3,(H,35,38)(H,36,39)(H,34,37,40). The summed E-state index contributed by atoms with van der Waals surface area (Å²) in [7, 11) is 4.66. The minimum atomic E-state index is -0.710. The molecule has 3 aromatic rings. The van der Waals surface area contributed by atoms with Gasteiger partial charge in [0.25, 0.3) is 0 Å². The van der Waals surface area contributed by atoms with Crippen molar-refractivity contribution in [1.29, 1.82) is 0 Å². The van der Waals surface area contributed by atoms with Gasteiger partial charge < -0.3 is 30.2 Å². The molecule has 0 aliphatic heterocycles. The third kappa shape index (κ3) is 6.58. The topological polar surface area (TPSA) is 128 Å². The number of nitrogens with one attached hydrogen (secondary N) is 3. The summed E-state index contributed by atoms with van der Waals surface area (Å²) in [6, 6.07) is 9.50. The van der Waals surface area contributed by atoms with Crippen LogP contribution >= 0.6 is 0 Å². The van der Waals surface area contributed by atoms with Gasteiger partial charge in [0.2, 0.25) is 23.0 Å². The Morgan fingerprint density at radius 2 is 1.81 bits per heavy atom. The lowest BCUT2D eigenvalue weighted by Crippen LogP contribution is -2.41. The minimum Gasteiger partial charge on any atom is -0.493 e. The van der Waals surface area contributed by atoms with Crippen molar-refractivity contribution in [2.24, 2.45) is 5.92 Å². The van der Waals surface area contributed by atoms with E-state index in [4.69, 9.17) is 14.2 Å². The van der Waals surface area contributed by atoms with E-state index in [0.717, 1.165) is 16.7 Å². The largest absolute Gasteiger partial charge is 0.493 e. The fraction of sp³-hybridized carbons (Fsp3) is 0.394. The second-order valence-corrected chi connectivity index (χ2v) is 10.8.